The average molecular weight is 407 g/mol. The van der Waals surface area contributed by atoms with E-state index in [9.17, 15) is 14.0 Å². The second-order valence-electron chi connectivity index (χ2n) is 6.52. The summed E-state index contributed by atoms with van der Waals surface area (Å²) in [5.74, 6) is -0.413. The minimum Gasteiger partial charge on any atom is -0.338 e. The smallest absolute Gasteiger partial charge is 0.325 e. The number of thiazole rings is 1. The van der Waals surface area contributed by atoms with Gasteiger partial charge >= 0.3 is 6.03 Å². The van der Waals surface area contributed by atoms with Gasteiger partial charge in [0.15, 0.2) is 5.13 Å². The maximum absolute atomic E-state index is 12.9. The number of unbranched alkanes of at least 4 members (excludes halogenated alkanes) is 2. The molecule has 152 valence electrons. The lowest BCUT2D eigenvalue weighted by Crippen LogP contribution is -2.32. The van der Waals surface area contributed by atoms with Crippen LogP contribution in [0.15, 0.2) is 24.3 Å². The Morgan fingerprint density at radius 1 is 1.07 bits per heavy atom. The van der Waals surface area contributed by atoms with Crippen molar-refractivity contribution in [1.82, 2.24) is 9.88 Å². The molecule has 2 N–H and O–H groups in total. The van der Waals surface area contributed by atoms with Crippen LogP contribution in [-0.4, -0.2) is 34.9 Å². The second kappa shape index (κ2) is 10.8. The van der Waals surface area contributed by atoms with E-state index >= 15 is 0 Å². The molecule has 8 heteroatoms. The number of aryl methyl sites for hydroxylation is 1. The zero-order valence-electron chi connectivity index (χ0n) is 16.5. The summed E-state index contributed by atoms with van der Waals surface area (Å²) in [5.41, 5.74) is 1.07. The Bertz CT molecular complexity index is 784. The van der Waals surface area contributed by atoms with E-state index in [0.29, 0.717) is 21.4 Å². The quantitative estimate of drug-likeness (QED) is 0.595. The first-order chi connectivity index (χ1) is 13.4. The van der Waals surface area contributed by atoms with Crippen molar-refractivity contribution in [3.63, 3.8) is 0 Å². The summed E-state index contributed by atoms with van der Waals surface area (Å²) in [4.78, 5) is 31.8. The number of anilines is 2. The molecule has 0 aliphatic carbocycles. The maximum Gasteiger partial charge on any atom is 0.325 e. The van der Waals surface area contributed by atoms with E-state index in [4.69, 9.17) is 0 Å². The Hall–Kier alpha value is -2.48. The van der Waals surface area contributed by atoms with Gasteiger partial charge in [0.25, 0.3) is 5.91 Å². The van der Waals surface area contributed by atoms with Gasteiger partial charge in [-0.15, -0.1) is 0 Å². The first-order valence-corrected chi connectivity index (χ1v) is 10.4. The zero-order valence-corrected chi connectivity index (χ0v) is 17.4. The van der Waals surface area contributed by atoms with E-state index in [1.165, 1.54) is 35.6 Å². The largest absolute Gasteiger partial charge is 0.338 e. The van der Waals surface area contributed by atoms with Crippen molar-refractivity contribution in [1.29, 1.82) is 0 Å². The van der Waals surface area contributed by atoms with Crippen LogP contribution in [0.5, 0.6) is 0 Å². The molecule has 0 radical (unpaired) electrons. The molecule has 3 amide bonds. The second-order valence-corrected chi connectivity index (χ2v) is 7.52. The van der Waals surface area contributed by atoms with Gasteiger partial charge in [0, 0.05) is 18.8 Å². The summed E-state index contributed by atoms with van der Waals surface area (Å²) >= 11 is 1.17. The number of rotatable bonds is 9. The van der Waals surface area contributed by atoms with E-state index in [0.717, 1.165) is 38.8 Å². The van der Waals surface area contributed by atoms with Crippen molar-refractivity contribution in [2.45, 2.75) is 46.5 Å². The molecule has 0 atom stereocenters. The van der Waals surface area contributed by atoms with Gasteiger partial charge in [-0.2, -0.15) is 0 Å². The van der Waals surface area contributed by atoms with Crippen LogP contribution >= 0.6 is 11.3 Å². The van der Waals surface area contributed by atoms with Crippen molar-refractivity contribution in [2.75, 3.05) is 23.7 Å². The van der Waals surface area contributed by atoms with Crippen LogP contribution in [0.25, 0.3) is 0 Å². The molecule has 1 heterocycles. The number of halogens is 1. The molecular formula is C20H27FN4O2S. The molecule has 0 unspecified atom stereocenters. The Labute approximate surface area is 169 Å². The number of hydrogen-bond donors (Lipinski definition) is 2. The summed E-state index contributed by atoms with van der Waals surface area (Å²) in [5, 5.41) is 5.60. The predicted octanol–water partition coefficient (Wildman–Crippen LogP) is 5.28. The lowest BCUT2D eigenvalue weighted by molar-refractivity contribution is 0.0755. The molecule has 28 heavy (non-hydrogen) atoms. The lowest BCUT2D eigenvalue weighted by Gasteiger charge is -2.21. The van der Waals surface area contributed by atoms with E-state index in [1.807, 2.05) is 4.90 Å². The van der Waals surface area contributed by atoms with E-state index < -0.39 is 6.03 Å². The molecule has 0 aliphatic rings. The van der Waals surface area contributed by atoms with Crippen molar-refractivity contribution < 1.29 is 14.0 Å². The summed E-state index contributed by atoms with van der Waals surface area (Å²) < 4.78 is 12.9. The molecule has 2 aromatic rings. The lowest BCUT2D eigenvalue weighted by atomic mass is 10.2. The van der Waals surface area contributed by atoms with Crippen molar-refractivity contribution in [2.24, 2.45) is 0 Å². The van der Waals surface area contributed by atoms with Crippen molar-refractivity contribution in [3.8, 4) is 0 Å². The topological polar surface area (TPSA) is 74.3 Å². The third-order valence-corrected chi connectivity index (χ3v) is 5.22. The average Bonchev–Trinajstić information content (AvgIpc) is 3.03. The number of hydrogen-bond acceptors (Lipinski definition) is 4. The molecule has 1 aromatic carbocycles. The molecule has 0 saturated carbocycles. The fourth-order valence-corrected chi connectivity index (χ4v) is 3.53. The van der Waals surface area contributed by atoms with Crippen LogP contribution in [0, 0.1) is 12.7 Å². The van der Waals surface area contributed by atoms with Gasteiger partial charge in [-0.05, 0) is 44.0 Å². The van der Waals surface area contributed by atoms with E-state index in [2.05, 4.69) is 29.5 Å². The fourth-order valence-electron chi connectivity index (χ4n) is 2.60. The number of carbonyl (C=O) groups excluding carboxylic acids is 2. The van der Waals surface area contributed by atoms with Gasteiger partial charge in [-0.1, -0.05) is 38.0 Å². The van der Waals surface area contributed by atoms with Crippen LogP contribution in [0.4, 0.5) is 20.0 Å². The van der Waals surface area contributed by atoms with Gasteiger partial charge in [-0.25, -0.2) is 14.2 Å². The highest BCUT2D eigenvalue weighted by atomic mass is 32.1. The van der Waals surface area contributed by atoms with Gasteiger partial charge < -0.3 is 10.2 Å². The highest BCUT2D eigenvalue weighted by Gasteiger charge is 2.21. The summed E-state index contributed by atoms with van der Waals surface area (Å²) in [6.45, 7) is 7.41. The molecule has 2 rings (SSSR count). The number of benzene rings is 1. The minimum atomic E-state index is -0.492. The van der Waals surface area contributed by atoms with Gasteiger partial charge in [0.1, 0.15) is 10.7 Å². The van der Waals surface area contributed by atoms with E-state index in [-0.39, 0.29) is 11.7 Å². The number of aromatic nitrogens is 1. The Balaban J connectivity index is 2.04. The Morgan fingerprint density at radius 2 is 1.68 bits per heavy atom. The molecule has 1 aromatic heterocycles. The first kappa shape index (κ1) is 21.8. The third kappa shape index (κ3) is 6.30. The molecular weight excluding hydrogens is 379 g/mol. The van der Waals surface area contributed by atoms with Crippen molar-refractivity contribution >= 4 is 34.1 Å². The number of nitrogens with zero attached hydrogens (tertiary/aromatic N) is 2. The van der Waals surface area contributed by atoms with Crippen LogP contribution in [0.2, 0.25) is 0 Å². The number of amides is 3. The highest BCUT2D eigenvalue weighted by molar-refractivity contribution is 7.17. The monoisotopic (exact) mass is 406 g/mol. The van der Waals surface area contributed by atoms with Crippen LogP contribution in [-0.2, 0) is 0 Å². The fraction of sp³-hybridized carbons (Fsp3) is 0.450. The highest BCUT2D eigenvalue weighted by Crippen LogP contribution is 2.25. The molecule has 0 aliphatic heterocycles. The standard InChI is InChI=1S/C20H27FN4O2S/c1-4-6-12-25(13-7-5-2)18(26)17-14(3)22-20(28-17)24-19(27)23-16-10-8-15(21)9-11-16/h8-11H,4-7,12-13H2,1-3H3,(H2,22,23,24,27). The Morgan fingerprint density at radius 3 is 2.25 bits per heavy atom. The Kier molecular flexibility index (Phi) is 8.38. The predicted molar refractivity (Wildman–Crippen MR) is 112 cm³/mol. The van der Waals surface area contributed by atoms with Crippen LogP contribution in [0.3, 0.4) is 0 Å². The molecule has 0 fully saturated rings. The molecule has 6 nitrogen and oxygen atoms in total. The first-order valence-electron chi connectivity index (χ1n) is 9.54. The summed E-state index contributed by atoms with van der Waals surface area (Å²) in [6, 6.07) is 4.97. The van der Waals surface area contributed by atoms with E-state index in [1.54, 1.807) is 6.92 Å². The van der Waals surface area contributed by atoms with Crippen molar-refractivity contribution in [3.05, 3.63) is 40.7 Å². The van der Waals surface area contributed by atoms with Gasteiger partial charge in [-0.3, -0.25) is 10.1 Å². The van der Waals surface area contributed by atoms with Crippen LogP contribution in [0.1, 0.15) is 54.9 Å². The SMILES string of the molecule is CCCCN(CCCC)C(=O)c1sc(NC(=O)Nc2ccc(F)cc2)nc1C. The van der Waals surface area contributed by atoms with Gasteiger partial charge in [0.2, 0.25) is 0 Å². The minimum absolute atomic E-state index is 0.0381. The van der Waals surface area contributed by atoms with Crippen LogP contribution < -0.4 is 10.6 Å². The summed E-state index contributed by atoms with van der Waals surface area (Å²) in [7, 11) is 0. The number of carbonyl (C=O) groups is 2. The third-order valence-electron chi connectivity index (χ3n) is 4.16. The zero-order chi connectivity index (χ0) is 20.5. The normalized spacial score (nSPS) is 10.6. The molecule has 0 saturated heterocycles. The molecule has 0 bridgehead atoms. The number of nitrogens with one attached hydrogen (secondary N) is 2. The molecule has 0 spiro atoms. The summed E-state index contributed by atoms with van der Waals surface area (Å²) in [6.07, 6.45) is 3.96. The van der Waals surface area contributed by atoms with Gasteiger partial charge in [0.05, 0.1) is 5.69 Å². The number of urea groups is 1. The maximum atomic E-state index is 12.9.